The molecule has 1 aromatic heterocycles. The monoisotopic (exact) mass is 324 g/mol. The Bertz CT molecular complexity index is 669. The van der Waals surface area contributed by atoms with Crippen LogP contribution in [-0.2, 0) is 0 Å². The summed E-state index contributed by atoms with van der Waals surface area (Å²) in [6.07, 6.45) is 0. The van der Waals surface area contributed by atoms with Crippen LogP contribution >= 0.6 is 22.9 Å². The zero-order valence-electron chi connectivity index (χ0n) is 12.0. The third kappa shape index (κ3) is 3.86. The minimum atomic E-state index is -0.312. The van der Waals surface area contributed by atoms with Gasteiger partial charge in [-0.2, -0.15) is 0 Å². The lowest BCUT2D eigenvalue weighted by Gasteiger charge is -2.07. The zero-order valence-corrected chi connectivity index (χ0v) is 13.6. The second kappa shape index (κ2) is 6.32. The van der Waals surface area contributed by atoms with E-state index in [0.29, 0.717) is 20.7 Å². The van der Waals surface area contributed by atoms with E-state index in [1.807, 2.05) is 26.8 Å². The number of hydrogen-bond donors (Lipinski definition) is 3. The van der Waals surface area contributed by atoms with Crippen molar-refractivity contribution >= 4 is 45.5 Å². The Morgan fingerprint density at radius 3 is 2.76 bits per heavy atom. The average molecular weight is 325 g/mol. The first kappa shape index (κ1) is 15.6. The molecule has 1 amide bonds. The van der Waals surface area contributed by atoms with E-state index in [0.717, 1.165) is 5.56 Å². The van der Waals surface area contributed by atoms with Gasteiger partial charge in [0.05, 0.1) is 10.7 Å². The topological polar surface area (TPSA) is 80.0 Å². The molecule has 0 saturated heterocycles. The lowest BCUT2D eigenvalue weighted by Crippen LogP contribution is -2.12. The fourth-order valence-corrected chi connectivity index (χ4v) is 2.91. The van der Waals surface area contributed by atoms with Gasteiger partial charge in [0.15, 0.2) is 5.13 Å². The van der Waals surface area contributed by atoms with Crippen LogP contribution in [0.1, 0.15) is 29.1 Å². The van der Waals surface area contributed by atoms with Crippen molar-refractivity contribution in [3.05, 3.63) is 33.7 Å². The van der Waals surface area contributed by atoms with E-state index in [2.05, 4.69) is 15.6 Å². The maximum atomic E-state index is 12.3. The summed E-state index contributed by atoms with van der Waals surface area (Å²) in [5, 5.41) is 7.00. The van der Waals surface area contributed by atoms with Crippen molar-refractivity contribution in [2.24, 2.45) is 0 Å². The fraction of sp³-hybridized carbons (Fsp3) is 0.286. The number of thiazole rings is 1. The summed E-state index contributed by atoms with van der Waals surface area (Å²) >= 11 is 7.33. The number of benzene rings is 1. The molecule has 0 spiro atoms. The number of carbonyl (C=O) groups excluding carboxylic acids is 1. The number of rotatable bonds is 4. The average Bonchev–Trinajstić information content (AvgIpc) is 2.72. The number of aromatic nitrogens is 1. The summed E-state index contributed by atoms with van der Waals surface area (Å²) in [5.74, 6) is -0.101. The molecule has 2 rings (SSSR count). The largest absolute Gasteiger partial charge is 0.382 e. The molecule has 0 bridgehead atoms. The Labute approximate surface area is 132 Å². The van der Waals surface area contributed by atoms with E-state index in [9.17, 15) is 4.79 Å². The van der Waals surface area contributed by atoms with Crippen molar-refractivity contribution < 1.29 is 4.79 Å². The Kier molecular flexibility index (Phi) is 4.69. The van der Waals surface area contributed by atoms with E-state index in [1.165, 1.54) is 11.3 Å². The predicted octanol–water partition coefficient (Wildman–Crippen LogP) is 3.76. The van der Waals surface area contributed by atoms with Gasteiger partial charge >= 0.3 is 0 Å². The lowest BCUT2D eigenvalue weighted by atomic mass is 10.2. The molecule has 0 unspecified atom stereocenters. The number of nitrogen functional groups attached to an aromatic ring is 1. The summed E-state index contributed by atoms with van der Waals surface area (Å²) < 4.78 is 0. The first-order valence-corrected chi connectivity index (χ1v) is 7.66. The smallest absolute Gasteiger partial charge is 0.269 e. The minimum absolute atomic E-state index is 0.212. The second-order valence-electron chi connectivity index (χ2n) is 4.97. The van der Waals surface area contributed by atoms with Gasteiger partial charge in [-0.15, -0.1) is 0 Å². The van der Waals surface area contributed by atoms with Crippen LogP contribution in [0.25, 0.3) is 0 Å². The number of nitrogens with zero attached hydrogens (tertiary/aromatic N) is 1. The fourth-order valence-electron chi connectivity index (χ4n) is 1.70. The molecule has 0 aliphatic carbocycles. The Morgan fingerprint density at radius 2 is 2.14 bits per heavy atom. The van der Waals surface area contributed by atoms with Crippen molar-refractivity contribution in [2.75, 3.05) is 16.4 Å². The van der Waals surface area contributed by atoms with Gasteiger partial charge in [-0.3, -0.25) is 4.79 Å². The standard InChI is InChI=1S/C14H17ClN4OS/c1-7(2)17-14-19-12(16)11(21-14)13(20)18-10-5-4-8(3)6-9(10)15/h4-7H,16H2,1-3H3,(H,17,19)(H,18,20). The number of amides is 1. The number of halogens is 1. The first-order chi connectivity index (χ1) is 9.86. The summed E-state index contributed by atoms with van der Waals surface area (Å²) in [4.78, 5) is 16.8. The van der Waals surface area contributed by atoms with Gasteiger partial charge in [0.25, 0.3) is 5.91 Å². The third-order valence-corrected chi connectivity index (χ3v) is 3.96. The minimum Gasteiger partial charge on any atom is -0.382 e. The Balaban J connectivity index is 2.18. The molecule has 112 valence electrons. The normalized spacial score (nSPS) is 10.7. The Morgan fingerprint density at radius 1 is 1.43 bits per heavy atom. The van der Waals surface area contributed by atoms with Crippen LogP contribution in [0.15, 0.2) is 18.2 Å². The third-order valence-electron chi connectivity index (χ3n) is 2.64. The second-order valence-corrected chi connectivity index (χ2v) is 6.38. The Hall–Kier alpha value is -1.79. The molecule has 0 fully saturated rings. The van der Waals surface area contributed by atoms with Crippen LogP contribution in [0, 0.1) is 6.92 Å². The molecular formula is C14H17ClN4OS. The summed E-state index contributed by atoms with van der Waals surface area (Å²) in [7, 11) is 0. The summed E-state index contributed by atoms with van der Waals surface area (Å²) in [6, 6.07) is 5.65. The number of nitrogens with two attached hydrogens (primary N) is 1. The van der Waals surface area contributed by atoms with Gasteiger partial charge in [0, 0.05) is 6.04 Å². The molecular weight excluding hydrogens is 308 g/mol. The molecule has 5 nitrogen and oxygen atoms in total. The van der Waals surface area contributed by atoms with Gasteiger partial charge in [-0.1, -0.05) is 29.0 Å². The maximum Gasteiger partial charge on any atom is 0.269 e. The van der Waals surface area contributed by atoms with Gasteiger partial charge in [0.1, 0.15) is 10.7 Å². The number of anilines is 3. The molecule has 0 saturated carbocycles. The van der Waals surface area contributed by atoms with Crippen LogP contribution in [-0.4, -0.2) is 16.9 Å². The molecule has 0 aliphatic rings. The van der Waals surface area contributed by atoms with Gasteiger partial charge in [-0.25, -0.2) is 4.98 Å². The number of aryl methyl sites for hydroxylation is 1. The molecule has 4 N–H and O–H groups in total. The molecule has 0 atom stereocenters. The van der Waals surface area contributed by atoms with Crippen molar-refractivity contribution in [3.8, 4) is 0 Å². The van der Waals surface area contributed by atoms with Crippen LogP contribution in [0.3, 0.4) is 0 Å². The summed E-state index contributed by atoms with van der Waals surface area (Å²) in [5.41, 5.74) is 7.38. The van der Waals surface area contributed by atoms with E-state index >= 15 is 0 Å². The highest BCUT2D eigenvalue weighted by Crippen LogP contribution is 2.28. The number of hydrogen-bond acceptors (Lipinski definition) is 5. The molecule has 0 radical (unpaired) electrons. The van der Waals surface area contributed by atoms with Crippen molar-refractivity contribution in [3.63, 3.8) is 0 Å². The summed E-state index contributed by atoms with van der Waals surface area (Å²) in [6.45, 7) is 5.91. The zero-order chi connectivity index (χ0) is 15.6. The maximum absolute atomic E-state index is 12.3. The van der Waals surface area contributed by atoms with Crippen molar-refractivity contribution in [2.45, 2.75) is 26.8 Å². The lowest BCUT2D eigenvalue weighted by molar-refractivity contribution is 0.103. The van der Waals surface area contributed by atoms with Crippen molar-refractivity contribution in [1.29, 1.82) is 0 Å². The molecule has 1 heterocycles. The van der Waals surface area contributed by atoms with Gasteiger partial charge in [-0.05, 0) is 38.5 Å². The van der Waals surface area contributed by atoms with Gasteiger partial charge in [0.2, 0.25) is 0 Å². The van der Waals surface area contributed by atoms with Crippen LogP contribution < -0.4 is 16.4 Å². The van der Waals surface area contributed by atoms with Gasteiger partial charge < -0.3 is 16.4 Å². The van der Waals surface area contributed by atoms with E-state index in [-0.39, 0.29) is 17.8 Å². The molecule has 2 aromatic rings. The predicted molar refractivity (Wildman–Crippen MR) is 89.4 cm³/mol. The highest BCUT2D eigenvalue weighted by molar-refractivity contribution is 7.18. The van der Waals surface area contributed by atoms with Crippen LogP contribution in [0.2, 0.25) is 5.02 Å². The van der Waals surface area contributed by atoms with Crippen LogP contribution in [0.5, 0.6) is 0 Å². The molecule has 7 heteroatoms. The van der Waals surface area contributed by atoms with E-state index in [1.54, 1.807) is 12.1 Å². The SMILES string of the molecule is Cc1ccc(NC(=O)c2sc(NC(C)C)nc2N)c(Cl)c1. The van der Waals surface area contributed by atoms with E-state index < -0.39 is 0 Å². The van der Waals surface area contributed by atoms with Crippen LogP contribution in [0.4, 0.5) is 16.6 Å². The highest BCUT2D eigenvalue weighted by atomic mass is 35.5. The van der Waals surface area contributed by atoms with Crippen molar-refractivity contribution in [1.82, 2.24) is 4.98 Å². The molecule has 0 aliphatic heterocycles. The highest BCUT2D eigenvalue weighted by Gasteiger charge is 2.17. The number of carbonyl (C=O) groups is 1. The molecule has 1 aromatic carbocycles. The quantitative estimate of drug-likeness (QED) is 0.800. The van der Waals surface area contributed by atoms with E-state index in [4.69, 9.17) is 17.3 Å². The number of nitrogens with one attached hydrogen (secondary N) is 2. The first-order valence-electron chi connectivity index (χ1n) is 6.47. The molecule has 21 heavy (non-hydrogen) atoms.